The van der Waals surface area contributed by atoms with Crippen LogP contribution >= 0.6 is 0 Å². The molecule has 0 atom stereocenters. The number of nitrogens with zero attached hydrogens (tertiary/aromatic N) is 2. The standard InChI is InChI=1S/C23H29N3O3/c1-29-20-11-8-10-18(15-20)23(28)26-14-7-3-2-6-13-25(22(27)16-24)17-19-9-4-5-12-21(19)26/h4-5,8-12,15H,2-3,6-7,13-14,16-17,24H2,1H3. The molecule has 6 nitrogen and oxygen atoms in total. The normalized spacial score (nSPS) is 15.2. The van der Waals surface area contributed by atoms with Crippen LogP contribution < -0.4 is 15.4 Å². The molecule has 1 aliphatic heterocycles. The molecule has 0 spiro atoms. The van der Waals surface area contributed by atoms with E-state index in [9.17, 15) is 9.59 Å². The number of hydrogen-bond donors (Lipinski definition) is 1. The summed E-state index contributed by atoms with van der Waals surface area (Å²) in [5, 5.41) is 0. The highest BCUT2D eigenvalue weighted by molar-refractivity contribution is 6.06. The minimum absolute atomic E-state index is 0.00534. The second-order valence-electron chi connectivity index (χ2n) is 7.25. The lowest BCUT2D eigenvalue weighted by Gasteiger charge is -2.28. The number of fused-ring (bicyclic) bond motifs is 1. The first-order chi connectivity index (χ1) is 14.1. The predicted octanol–water partition coefficient (Wildman–Crippen LogP) is 3.20. The Bertz CT molecular complexity index is 853. The zero-order chi connectivity index (χ0) is 20.6. The fourth-order valence-corrected chi connectivity index (χ4v) is 3.70. The van der Waals surface area contributed by atoms with Gasteiger partial charge >= 0.3 is 0 Å². The first-order valence-corrected chi connectivity index (χ1v) is 10.2. The van der Waals surface area contributed by atoms with Gasteiger partial charge in [0.2, 0.25) is 5.91 Å². The Labute approximate surface area is 172 Å². The maximum Gasteiger partial charge on any atom is 0.258 e. The smallest absolute Gasteiger partial charge is 0.258 e. The molecule has 154 valence electrons. The molecule has 2 N–H and O–H groups in total. The van der Waals surface area contributed by atoms with Crippen molar-refractivity contribution in [1.29, 1.82) is 0 Å². The van der Waals surface area contributed by atoms with Crippen molar-refractivity contribution in [2.45, 2.75) is 32.2 Å². The monoisotopic (exact) mass is 395 g/mol. The third kappa shape index (κ3) is 5.15. The van der Waals surface area contributed by atoms with Crippen LogP contribution in [0.4, 0.5) is 5.69 Å². The SMILES string of the molecule is COc1cccc(C(=O)N2CCCCCCN(C(=O)CN)Cc3ccccc32)c1. The Balaban J connectivity index is 1.98. The first kappa shape index (κ1) is 20.9. The number of rotatable bonds is 3. The number of methoxy groups -OCH3 is 1. The molecule has 6 heteroatoms. The second-order valence-corrected chi connectivity index (χ2v) is 7.25. The first-order valence-electron chi connectivity index (χ1n) is 10.2. The van der Waals surface area contributed by atoms with Crippen molar-refractivity contribution in [2.24, 2.45) is 5.73 Å². The number of amides is 2. The molecule has 0 bridgehead atoms. The molecule has 2 aromatic carbocycles. The largest absolute Gasteiger partial charge is 0.497 e. The van der Waals surface area contributed by atoms with Crippen LogP contribution in [0.5, 0.6) is 5.75 Å². The molecule has 2 aromatic rings. The van der Waals surface area contributed by atoms with Gasteiger partial charge in [-0.15, -0.1) is 0 Å². The molecule has 3 rings (SSSR count). The fourth-order valence-electron chi connectivity index (χ4n) is 3.70. The number of hydrogen-bond acceptors (Lipinski definition) is 4. The summed E-state index contributed by atoms with van der Waals surface area (Å²) in [7, 11) is 1.59. The van der Waals surface area contributed by atoms with Gasteiger partial charge in [-0.25, -0.2) is 0 Å². The average molecular weight is 396 g/mol. The number of para-hydroxylation sites is 1. The highest BCUT2D eigenvalue weighted by Crippen LogP contribution is 2.26. The zero-order valence-corrected chi connectivity index (χ0v) is 17.0. The van der Waals surface area contributed by atoms with E-state index in [4.69, 9.17) is 10.5 Å². The molecule has 2 amide bonds. The summed E-state index contributed by atoms with van der Waals surface area (Å²) >= 11 is 0. The summed E-state index contributed by atoms with van der Waals surface area (Å²) in [6, 6.07) is 15.0. The highest BCUT2D eigenvalue weighted by atomic mass is 16.5. The fraction of sp³-hybridized carbons (Fsp3) is 0.391. The minimum atomic E-state index is -0.0651. The lowest BCUT2D eigenvalue weighted by molar-refractivity contribution is -0.130. The number of nitrogens with two attached hydrogens (primary N) is 1. The quantitative estimate of drug-likeness (QED) is 0.866. The summed E-state index contributed by atoms with van der Waals surface area (Å²) < 4.78 is 5.29. The number of anilines is 1. The predicted molar refractivity (Wildman–Crippen MR) is 114 cm³/mol. The third-order valence-electron chi connectivity index (χ3n) is 5.29. The van der Waals surface area contributed by atoms with Gasteiger partial charge in [-0.2, -0.15) is 0 Å². The van der Waals surface area contributed by atoms with E-state index in [1.54, 1.807) is 18.1 Å². The molecule has 1 aliphatic rings. The molecule has 0 saturated carbocycles. The highest BCUT2D eigenvalue weighted by Gasteiger charge is 2.23. The van der Waals surface area contributed by atoms with Crippen molar-refractivity contribution in [3.63, 3.8) is 0 Å². The minimum Gasteiger partial charge on any atom is -0.497 e. The number of carbonyl (C=O) groups excluding carboxylic acids is 2. The van der Waals surface area contributed by atoms with Gasteiger partial charge in [0.25, 0.3) is 5.91 Å². The number of ether oxygens (including phenoxy) is 1. The van der Waals surface area contributed by atoms with Crippen LogP contribution in [0.15, 0.2) is 48.5 Å². The van der Waals surface area contributed by atoms with E-state index < -0.39 is 0 Å². The lowest BCUT2D eigenvalue weighted by atomic mass is 10.1. The summed E-state index contributed by atoms with van der Waals surface area (Å²) in [6.07, 6.45) is 3.88. The van der Waals surface area contributed by atoms with Crippen LogP contribution in [0.3, 0.4) is 0 Å². The van der Waals surface area contributed by atoms with Gasteiger partial charge in [0.15, 0.2) is 0 Å². The molecule has 0 radical (unpaired) electrons. The third-order valence-corrected chi connectivity index (χ3v) is 5.29. The van der Waals surface area contributed by atoms with Crippen LogP contribution in [0.2, 0.25) is 0 Å². The van der Waals surface area contributed by atoms with E-state index in [0.29, 0.717) is 30.9 Å². The summed E-state index contributed by atoms with van der Waals surface area (Å²) in [6.45, 7) is 1.77. The van der Waals surface area contributed by atoms with Crippen LogP contribution in [0.25, 0.3) is 0 Å². The Kier molecular flexibility index (Phi) is 7.25. The lowest BCUT2D eigenvalue weighted by Crippen LogP contribution is -2.37. The Morgan fingerprint density at radius 2 is 1.76 bits per heavy atom. The second kappa shape index (κ2) is 10.1. The topological polar surface area (TPSA) is 75.9 Å². The van der Waals surface area contributed by atoms with Gasteiger partial charge in [0.05, 0.1) is 13.7 Å². The summed E-state index contributed by atoms with van der Waals surface area (Å²) in [5.74, 6) is 0.527. The van der Waals surface area contributed by atoms with Gasteiger partial charge in [-0.1, -0.05) is 37.1 Å². The van der Waals surface area contributed by atoms with Crippen molar-refractivity contribution in [3.05, 3.63) is 59.7 Å². The van der Waals surface area contributed by atoms with E-state index in [0.717, 1.165) is 36.9 Å². The van der Waals surface area contributed by atoms with Crippen molar-refractivity contribution < 1.29 is 14.3 Å². The summed E-state index contributed by atoms with van der Waals surface area (Å²) in [5.41, 5.74) is 8.01. The molecule has 29 heavy (non-hydrogen) atoms. The number of benzene rings is 2. The van der Waals surface area contributed by atoms with Gasteiger partial charge in [-0.3, -0.25) is 9.59 Å². The molecular formula is C23H29N3O3. The van der Waals surface area contributed by atoms with Gasteiger partial charge in [-0.05, 0) is 42.7 Å². The van der Waals surface area contributed by atoms with Crippen LogP contribution in [-0.4, -0.2) is 43.5 Å². The molecule has 0 aliphatic carbocycles. The molecule has 0 fully saturated rings. The Hall–Kier alpha value is -2.86. The maximum atomic E-state index is 13.4. The molecular weight excluding hydrogens is 366 g/mol. The Morgan fingerprint density at radius 1 is 1.00 bits per heavy atom. The Morgan fingerprint density at radius 3 is 2.52 bits per heavy atom. The van der Waals surface area contributed by atoms with Crippen molar-refractivity contribution in [3.8, 4) is 5.75 Å². The molecule has 0 aromatic heterocycles. The van der Waals surface area contributed by atoms with E-state index in [-0.39, 0.29) is 18.4 Å². The van der Waals surface area contributed by atoms with Crippen molar-refractivity contribution >= 4 is 17.5 Å². The van der Waals surface area contributed by atoms with Crippen molar-refractivity contribution in [1.82, 2.24) is 4.90 Å². The average Bonchev–Trinajstić information content (AvgIpc) is 2.81. The molecule has 1 heterocycles. The van der Waals surface area contributed by atoms with Crippen molar-refractivity contribution in [2.75, 3.05) is 31.6 Å². The van der Waals surface area contributed by atoms with E-state index in [1.807, 2.05) is 47.4 Å². The van der Waals surface area contributed by atoms with Crippen LogP contribution in [0.1, 0.15) is 41.6 Å². The molecule has 0 saturated heterocycles. The van der Waals surface area contributed by atoms with Gasteiger partial charge in [0, 0.05) is 30.9 Å². The number of carbonyl (C=O) groups is 2. The van der Waals surface area contributed by atoms with Crippen LogP contribution in [-0.2, 0) is 11.3 Å². The molecule has 0 unspecified atom stereocenters. The van der Waals surface area contributed by atoms with Gasteiger partial charge < -0.3 is 20.3 Å². The van der Waals surface area contributed by atoms with Gasteiger partial charge in [0.1, 0.15) is 5.75 Å². The van der Waals surface area contributed by atoms with E-state index in [1.165, 1.54) is 0 Å². The summed E-state index contributed by atoms with van der Waals surface area (Å²) in [4.78, 5) is 29.4. The zero-order valence-electron chi connectivity index (χ0n) is 17.0. The van der Waals surface area contributed by atoms with E-state index >= 15 is 0 Å². The maximum absolute atomic E-state index is 13.4. The van der Waals surface area contributed by atoms with E-state index in [2.05, 4.69) is 0 Å². The van der Waals surface area contributed by atoms with Crippen LogP contribution in [0, 0.1) is 0 Å².